The van der Waals surface area contributed by atoms with Crippen molar-refractivity contribution in [2.24, 2.45) is 0 Å². The average molecular weight is 464 g/mol. The summed E-state index contributed by atoms with van der Waals surface area (Å²) in [5.74, 6) is -1.08. The van der Waals surface area contributed by atoms with Gasteiger partial charge >= 0.3 is 5.97 Å². The normalized spacial score (nSPS) is 12.2. The zero-order valence-electron chi connectivity index (χ0n) is 16.4. The molecule has 0 aliphatic heterocycles. The van der Waals surface area contributed by atoms with Gasteiger partial charge < -0.3 is 9.84 Å². The Morgan fingerprint density at radius 3 is 2.32 bits per heavy atom. The van der Waals surface area contributed by atoms with Gasteiger partial charge in [0.2, 0.25) is 10.0 Å². The summed E-state index contributed by atoms with van der Waals surface area (Å²) in [6, 6.07) is 16.6. The van der Waals surface area contributed by atoms with Gasteiger partial charge in [-0.05, 0) is 60.2 Å². The first-order valence-corrected chi connectivity index (χ1v) is 11.4. The zero-order chi connectivity index (χ0) is 22.6. The molecule has 0 aliphatic rings. The minimum atomic E-state index is -4.02. The van der Waals surface area contributed by atoms with Gasteiger partial charge in [-0.3, -0.25) is 4.31 Å². The highest BCUT2D eigenvalue weighted by Crippen LogP contribution is 2.31. The zero-order valence-corrected chi connectivity index (χ0v) is 18.0. The first-order valence-electron chi connectivity index (χ1n) is 9.14. The number of aliphatic carboxylic acids is 1. The number of para-hydroxylation sites is 1. The van der Waals surface area contributed by atoms with Crippen LogP contribution in [0.2, 0.25) is 5.02 Å². The Hall–Kier alpha value is -3.10. The molecule has 0 aliphatic carbocycles. The van der Waals surface area contributed by atoms with Gasteiger partial charge in [0.15, 0.2) is 0 Å². The van der Waals surface area contributed by atoms with Gasteiger partial charge in [0.1, 0.15) is 23.4 Å². The van der Waals surface area contributed by atoms with Gasteiger partial charge in [-0.15, -0.1) is 0 Å². The molecule has 0 fully saturated rings. The van der Waals surface area contributed by atoms with E-state index in [1.54, 1.807) is 36.4 Å². The molecule has 1 N–H and O–H groups in total. The molecule has 6 nitrogen and oxygen atoms in total. The average Bonchev–Trinajstić information content (AvgIpc) is 2.70. The molecular weight excluding hydrogens is 445 g/mol. The number of carbonyl (C=O) groups is 1. The molecule has 0 spiro atoms. The summed E-state index contributed by atoms with van der Waals surface area (Å²) in [6.45, 7) is 0. The number of ether oxygens (including phenoxy) is 1. The number of halogens is 2. The van der Waals surface area contributed by atoms with Crippen LogP contribution in [0.4, 0.5) is 10.1 Å². The molecule has 0 heterocycles. The van der Waals surface area contributed by atoms with E-state index in [2.05, 4.69) is 0 Å². The third-order valence-electron chi connectivity index (χ3n) is 4.41. The fourth-order valence-corrected chi connectivity index (χ4v) is 4.42. The second kappa shape index (κ2) is 9.36. The van der Waals surface area contributed by atoms with E-state index in [1.807, 2.05) is 6.07 Å². The van der Waals surface area contributed by atoms with E-state index in [0.29, 0.717) is 22.1 Å². The fraction of sp³-hybridized carbons (Fsp3) is 0.136. The molecule has 162 valence electrons. The maximum atomic E-state index is 13.3. The number of anilines is 1. The molecule has 9 heteroatoms. The third-order valence-corrected chi connectivity index (χ3v) is 5.83. The highest BCUT2D eigenvalue weighted by atomic mass is 35.5. The Labute approximate surface area is 184 Å². The number of benzene rings is 3. The van der Waals surface area contributed by atoms with Gasteiger partial charge in [-0.2, -0.15) is 0 Å². The molecule has 1 atom stereocenters. The van der Waals surface area contributed by atoms with Crippen molar-refractivity contribution >= 4 is 33.3 Å². The Morgan fingerprint density at radius 2 is 1.74 bits per heavy atom. The van der Waals surface area contributed by atoms with Crippen molar-refractivity contribution in [3.8, 4) is 11.5 Å². The van der Waals surface area contributed by atoms with Crippen LogP contribution in [0.3, 0.4) is 0 Å². The molecule has 0 saturated heterocycles. The van der Waals surface area contributed by atoms with E-state index in [9.17, 15) is 22.7 Å². The van der Waals surface area contributed by atoms with Crippen LogP contribution in [-0.4, -0.2) is 31.8 Å². The van der Waals surface area contributed by atoms with Crippen molar-refractivity contribution in [3.63, 3.8) is 0 Å². The molecule has 3 aromatic rings. The van der Waals surface area contributed by atoms with E-state index in [0.717, 1.165) is 22.7 Å². The predicted octanol–water partition coefficient (Wildman–Crippen LogP) is 4.73. The van der Waals surface area contributed by atoms with E-state index < -0.39 is 27.9 Å². The van der Waals surface area contributed by atoms with E-state index in [4.69, 9.17) is 16.3 Å². The van der Waals surface area contributed by atoms with Crippen molar-refractivity contribution in [1.29, 1.82) is 0 Å². The molecule has 31 heavy (non-hydrogen) atoms. The number of nitrogens with zero attached hydrogens (tertiary/aromatic N) is 1. The van der Waals surface area contributed by atoms with Crippen LogP contribution in [-0.2, 0) is 21.2 Å². The molecule has 0 amide bonds. The summed E-state index contributed by atoms with van der Waals surface area (Å²) < 4.78 is 45.0. The summed E-state index contributed by atoms with van der Waals surface area (Å²) in [4.78, 5) is 12.1. The highest BCUT2D eigenvalue weighted by molar-refractivity contribution is 7.92. The number of rotatable bonds is 8. The number of carboxylic acid groups (broad SMARTS) is 1. The summed E-state index contributed by atoms with van der Waals surface area (Å²) in [7, 11) is -4.02. The number of hydrogen-bond acceptors (Lipinski definition) is 4. The lowest BCUT2D eigenvalue weighted by molar-refractivity contribution is -0.138. The van der Waals surface area contributed by atoms with Crippen molar-refractivity contribution in [2.75, 3.05) is 10.6 Å². The van der Waals surface area contributed by atoms with Crippen molar-refractivity contribution in [3.05, 3.63) is 89.2 Å². The van der Waals surface area contributed by atoms with Crippen LogP contribution in [0.1, 0.15) is 5.56 Å². The van der Waals surface area contributed by atoms with E-state index >= 15 is 0 Å². The number of hydrogen-bond donors (Lipinski definition) is 1. The topological polar surface area (TPSA) is 83.9 Å². The monoisotopic (exact) mass is 463 g/mol. The fourth-order valence-electron chi connectivity index (χ4n) is 3.09. The maximum absolute atomic E-state index is 13.3. The predicted molar refractivity (Wildman–Crippen MR) is 117 cm³/mol. The first kappa shape index (κ1) is 22.6. The summed E-state index contributed by atoms with van der Waals surface area (Å²) in [6.07, 6.45) is 0.661. The van der Waals surface area contributed by atoms with Gasteiger partial charge in [0, 0.05) is 11.4 Å². The smallest absolute Gasteiger partial charge is 0.327 e. The Morgan fingerprint density at radius 1 is 1.10 bits per heavy atom. The molecule has 0 radical (unpaired) electrons. The minimum Gasteiger partial charge on any atom is -0.480 e. The van der Waals surface area contributed by atoms with Crippen molar-refractivity contribution < 1.29 is 27.4 Å². The number of carboxylic acids is 1. The maximum Gasteiger partial charge on any atom is 0.327 e. The van der Waals surface area contributed by atoms with Crippen LogP contribution in [0, 0.1) is 5.82 Å². The van der Waals surface area contributed by atoms with Crippen LogP contribution < -0.4 is 9.04 Å². The van der Waals surface area contributed by atoms with Gasteiger partial charge in [0.25, 0.3) is 0 Å². The van der Waals surface area contributed by atoms with Crippen molar-refractivity contribution in [2.45, 2.75) is 12.5 Å². The molecule has 3 aromatic carbocycles. The van der Waals surface area contributed by atoms with Gasteiger partial charge in [-0.25, -0.2) is 17.6 Å². The second-order valence-electron chi connectivity index (χ2n) is 6.76. The SMILES string of the molecule is CS(=O)(=O)N(c1ccc(F)cc1)C(Cc1cc(Cl)ccc1Oc1ccccc1)C(=O)O. The standard InChI is InChI=1S/C22H19ClFNO5S/c1-31(28,29)25(18-10-8-17(24)9-11-18)20(22(26)27)14-15-13-16(23)7-12-21(15)30-19-5-3-2-4-6-19/h2-13,20H,14H2,1H3,(H,26,27). The van der Waals surface area contributed by atoms with E-state index in [1.165, 1.54) is 18.2 Å². The Bertz CT molecular complexity index is 1170. The lowest BCUT2D eigenvalue weighted by atomic mass is 10.0. The van der Waals surface area contributed by atoms with Gasteiger partial charge in [0.05, 0.1) is 11.9 Å². The van der Waals surface area contributed by atoms with Gasteiger partial charge in [-0.1, -0.05) is 29.8 Å². The minimum absolute atomic E-state index is 0.0313. The lowest BCUT2D eigenvalue weighted by Crippen LogP contribution is -2.46. The molecule has 3 rings (SSSR count). The van der Waals surface area contributed by atoms with Crippen LogP contribution in [0.25, 0.3) is 0 Å². The molecule has 0 aromatic heterocycles. The van der Waals surface area contributed by atoms with Crippen LogP contribution >= 0.6 is 11.6 Å². The summed E-state index contributed by atoms with van der Waals surface area (Å²) >= 11 is 6.11. The largest absolute Gasteiger partial charge is 0.480 e. The van der Waals surface area contributed by atoms with Crippen LogP contribution in [0.15, 0.2) is 72.8 Å². The Kier molecular flexibility index (Phi) is 6.82. The molecular formula is C22H19ClFNO5S. The molecule has 0 bridgehead atoms. The first-order chi connectivity index (χ1) is 14.6. The quantitative estimate of drug-likeness (QED) is 0.522. The summed E-state index contributed by atoms with van der Waals surface area (Å²) in [5, 5.41) is 10.2. The second-order valence-corrected chi connectivity index (χ2v) is 9.06. The van der Waals surface area contributed by atoms with Crippen LogP contribution in [0.5, 0.6) is 11.5 Å². The highest BCUT2D eigenvalue weighted by Gasteiger charge is 2.33. The Balaban J connectivity index is 2.03. The third kappa shape index (κ3) is 5.74. The molecule has 0 saturated carbocycles. The van der Waals surface area contributed by atoms with E-state index in [-0.39, 0.29) is 12.1 Å². The summed E-state index contributed by atoms with van der Waals surface area (Å²) in [5.41, 5.74) is 0.434. The molecule has 1 unspecified atom stereocenters. The number of sulfonamides is 1. The van der Waals surface area contributed by atoms with Crippen molar-refractivity contribution in [1.82, 2.24) is 0 Å². The lowest BCUT2D eigenvalue weighted by Gasteiger charge is -2.29.